The summed E-state index contributed by atoms with van der Waals surface area (Å²) in [5.41, 5.74) is -0.649. The van der Waals surface area contributed by atoms with Gasteiger partial charge in [-0.25, -0.2) is 9.59 Å². The number of hydrogen-bond donors (Lipinski definition) is 2. The Balaban J connectivity index is 2.52. The number of aliphatic carboxylic acids is 1. The number of hydrogen-bond acceptors (Lipinski definition) is 4. The van der Waals surface area contributed by atoms with E-state index in [1.54, 1.807) is 27.9 Å². The SMILES string of the molecule is COC(CC(NC(=O)OC(C)(C)C)C(=O)O)C1CC1. The normalized spacial score (nSPS) is 18.5. The number of methoxy groups -OCH3 is 1. The average molecular weight is 273 g/mol. The number of carboxylic acids is 1. The molecule has 0 aromatic heterocycles. The van der Waals surface area contributed by atoms with Crippen molar-refractivity contribution in [3.63, 3.8) is 0 Å². The molecule has 6 heteroatoms. The maximum absolute atomic E-state index is 11.6. The van der Waals surface area contributed by atoms with Gasteiger partial charge in [-0.1, -0.05) is 0 Å². The van der Waals surface area contributed by atoms with E-state index < -0.39 is 23.7 Å². The minimum absolute atomic E-state index is 0.129. The van der Waals surface area contributed by atoms with Crippen LogP contribution in [0.4, 0.5) is 4.79 Å². The lowest BCUT2D eigenvalue weighted by Gasteiger charge is -2.24. The smallest absolute Gasteiger partial charge is 0.408 e. The van der Waals surface area contributed by atoms with Gasteiger partial charge in [0.1, 0.15) is 11.6 Å². The lowest BCUT2D eigenvalue weighted by Crippen LogP contribution is -2.45. The van der Waals surface area contributed by atoms with Crippen LogP contribution in [0.1, 0.15) is 40.0 Å². The van der Waals surface area contributed by atoms with Crippen molar-refractivity contribution >= 4 is 12.1 Å². The highest BCUT2D eigenvalue weighted by Gasteiger charge is 2.35. The number of amides is 1. The van der Waals surface area contributed by atoms with Crippen LogP contribution in [-0.4, -0.2) is 42.0 Å². The van der Waals surface area contributed by atoms with Gasteiger partial charge < -0.3 is 19.9 Å². The van der Waals surface area contributed by atoms with Crippen molar-refractivity contribution < 1.29 is 24.2 Å². The standard InChI is InChI=1S/C13H23NO5/c1-13(2,3)19-12(17)14-9(11(15)16)7-10(18-4)8-5-6-8/h8-10H,5-7H2,1-4H3,(H,14,17)(H,15,16). The molecule has 0 aromatic rings. The Morgan fingerprint density at radius 2 is 1.95 bits per heavy atom. The molecule has 6 nitrogen and oxygen atoms in total. The number of rotatable bonds is 6. The average Bonchev–Trinajstić information content (AvgIpc) is 3.04. The summed E-state index contributed by atoms with van der Waals surface area (Å²) in [6, 6.07) is -0.986. The zero-order valence-corrected chi connectivity index (χ0v) is 11.9. The van der Waals surface area contributed by atoms with E-state index in [1.807, 2.05) is 0 Å². The molecule has 110 valence electrons. The predicted octanol–water partition coefficient (Wildman–Crippen LogP) is 1.78. The molecule has 2 N–H and O–H groups in total. The summed E-state index contributed by atoms with van der Waals surface area (Å²) in [5, 5.41) is 11.5. The first-order valence-electron chi connectivity index (χ1n) is 6.48. The van der Waals surface area contributed by atoms with Gasteiger partial charge in [-0.2, -0.15) is 0 Å². The summed E-state index contributed by atoms with van der Waals surface area (Å²) in [4.78, 5) is 22.8. The van der Waals surface area contributed by atoms with E-state index in [1.165, 1.54) is 0 Å². The van der Waals surface area contributed by atoms with Crippen LogP contribution in [-0.2, 0) is 14.3 Å². The van der Waals surface area contributed by atoms with E-state index >= 15 is 0 Å². The third-order valence-electron chi connectivity index (χ3n) is 2.91. The Morgan fingerprint density at radius 3 is 2.32 bits per heavy atom. The maximum atomic E-state index is 11.6. The molecule has 0 bridgehead atoms. The zero-order valence-electron chi connectivity index (χ0n) is 11.9. The van der Waals surface area contributed by atoms with Gasteiger partial charge in [0.05, 0.1) is 6.10 Å². The number of carboxylic acid groups (broad SMARTS) is 1. The van der Waals surface area contributed by atoms with Crippen molar-refractivity contribution in [2.24, 2.45) is 5.92 Å². The van der Waals surface area contributed by atoms with E-state index in [4.69, 9.17) is 14.6 Å². The number of alkyl carbamates (subject to hydrolysis) is 1. The Bertz CT molecular complexity index is 332. The van der Waals surface area contributed by atoms with E-state index in [-0.39, 0.29) is 12.5 Å². The van der Waals surface area contributed by atoms with Gasteiger partial charge >= 0.3 is 12.1 Å². The predicted molar refractivity (Wildman–Crippen MR) is 68.9 cm³/mol. The van der Waals surface area contributed by atoms with Crippen LogP contribution < -0.4 is 5.32 Å². The molecule has 0 heterocycles. The van der Waals surface area contributed by atoms with Crippen molar-refractivity contribution in [1.82, 2.24) is 5.32 Å². The van der Waals surface area contributed by atoms with Crippen LogP contribution in [0.2, 0.25) is 0 Å². The molecule has 2 unspecified atom stereocenters. The van der Waals surface area contributed by atoms with Crippen LogP contribution in [0.5, 0.6) is 0 Å². The molecule has 2 atom stereocenters. The van der Waals surface area contributed by atoms with Crippen LogP contribution in [0.3, 0.4) is 0 Å². The van der Waals surface area contributed by atoms with Crippen molar-refractivity contribution in [2.45, 2.75) is 57.8 Å². The molecular weight excluding hydrogens is 250 g/mol. The number of carbonyl (C=O) groups is 2. The summed E-state index contributed by atoms with van der Waals surface area (Å²) in [7, 11) is 1.56. The molecule has 0 radical (unpaired) electrons. The molecule has 1 aliphatic carbocycles. The molecule has 0 aliphatic heterocycles. The van der Waals surface area contributed by atoms with E-state index in [9.17, 15) is 9.59 Å². The van der Waals surface area contributed by atoms with E-state index in [2.05, 4.69) is 5.32 Å². The first-order valence-corrected chi connectivity index (χ1v) is 6.48. The second-order valence-corrected chi connectivity index (χ2v) is 5.88. The minimum Gasteiger partial charge on any atom is -0.480 e. The Labute approximate surface area is 113 Å². The summed E-state index contributed by atoms with van der Waals surface area (Å²) in [6.45, 7) is 5.18. The second kappa shape index (κ2) is 6.23. The fraction of sp³-hybridized carbons (Fsp3) is 0.846. The topological polar surface area (TPSA) is 84.9 Å². The van der Waals surface area contributed by atoms with Gasteiger partial charge in [-0.3, -0.25) is 0 Å². The Kier molecular flexibility index (Phi) is 5.17. The molecule has 0 aromatic carbocycles. The van der Waals surface area contributed by atoms with Crippen molar-refractivity contribution in [3.8, 4) is 0 Å². The van der Waals surface area contributed by atoms with Crippen LogP contribution >= 0.6 is 0 Å². The molecule has 1 aliphatic rings. The summed E-state index contributed by atoms with van der Waals surface area (Å²) >= 11 is 0. The molecular formula is C13H23NO5. The third-order valence-corrected chi connectivity index (χ3v) is 2.91. The zero-order chi connectivity index (χ0) is 14.6. The van der Waals surface area contributed by atoms with Gasteiger partial charge in [0.15, 0.2) is 0 Å². The van der Waals surface area contributed by atoms with Gasteiger partial charge in [0, 0.05) is 13.5 Å². The summed E-state index contributed by atoms with van der Waals surface area (Å²) in [6.07, 6.45) is 1.52. The monoisotopic (exact) mass is 273 g/mol. The second-order valence-electron chi connectivity index (χ2n) is 5.88. The van der Waals surface area contributed by atoms with Gasteiger partial charge in [0.25, 0.3) is 0 Å². The van der Waals surface area contributed by atoms with E-state index in [0.29, 0.717) is 5.92 Å². The highest BCUT2D eigenvalue weighted by atomic mass is 16.6. The molecule has 19 heavy (non-hydrogen) atoms. The van der Waals surface area contributed by atoms with Gasteiger partial charge in [0.2, 0.25) is 0 Å². The molecule has 1 rings (SSSR count). The first-order chi connectivity index (χ1) is 8.73. The van der Waals surface area contributed by atoms with Crippen LogP contribution in [0, 0.1) is 5.92 Å². The largest absolute Gasteiger partial charge is 0.480 e. The number of carbonyl (C=O) groups excluding carboxylic acids is 1. The first kappa shape index (κ1) is 15.8. The minimum atomic E-state index is -1.08. The quantitative estimate of drug-likeness (QED) is 0.770. The van der Waals surface area contributed by atoms with E-state index in [0.717, 1.165) is 12.8 Å². The molecule has 0 spiro atoms. The highest BCUT2D eigenvalue weighted by molar-refractivity contribution is 5.80. The number of nitrogens with one attached hydrogen (secondary N) is 1. The molecule has 1 saturated carbocycles. The lowest BCUT2D eigenvalue weighted by atomic mass is 10.1. The Hall–Kier alpha value is -1.30. The van der Waals surface area contributed by atoms with Gasteiger partial charge in [-0.05, 0) is 39.5 Å². The van der Waals surface area contributed by atoms with Crippen molar-refractivity contribution in [3.05, 3.63) is 0 Å². The third kappa shape index (κ3) is 5.92. The van der Waals surface area contributed by atoms with Crippen LogP contribution in [0.25, 0.3) is 0 Å². The maximum Gasteiger partial charge on any atom is 0.408 e. The summed E-state index contributed by atoms with van der Waals surface area (Å²) < 4.78 is 10.3. The fourth-order valence-electron chi connectivity index (χ4n) is 1.85. The van der Waals surface area contributed by atoms with Crippen molar-refractivity contribution in [2.75, 3.05) is 7.11 Å². The summed E-state index contributed by atoms with van der Waals surface area (Å²) in [5.74, 6) is -0.666. The molecule has 1 amide bonds. The fourth-order valence-corrected chi connectivity index (χ4v) is 1.85. The number of ether oxygens (including phenoxy) is 2. The molecule has 1 fully saturated rings. The Morgan fingerprint density at radius 1 is 1.37 bits per heavy atom. The van der Waals surface area contributed by atoms with Gasteiger partial charge in [-0.15, -0.1) is 0 Å². The molecule has 0 saturated heterocycles. The van der Waals surface area contributed by atoms with Crippen molar-refractivity contribution in [1.29, 1.82) is 0 Å². The highest BCUT2D eigenvalue weighted by Crippen LogP contribution is 2.36. The van der Waals surface area contributed by atoms with Crippen LogP contribution in [0.15, 0.2) is 0 Å². The lowest BCUT2D eigenvalue weighted by molar-refractivity contribution is -0.140.